The van der Waals surface area contributed by atoms with Crippen LogP contribution in [0.4, 0.5) is 0 Å². The molecule has 0 radical (unpaired) electrons. The van der Waals surface area contributed by atoms with Gasteiger partial charge in [-0.05, 0) is 24.1 Å². The van der Waals surface area contributed by atoms with Gasteiger partial charge in [0.05, 0.1) is 24.5 Å². The van der Waals surface area contributed by atoms with Crippen molar-refractivity contribution < 1.29 is 9.53 Å². The number of benzene rings is 2. The van der Waals surface area contributed by atoms with E-state index in [1.54, 1.807) is 0 Å². The van der Waals surface area contributed by atoms with Gasteiger partial charge >= 0.3 is 5.97 Å². The topological polar surface area (TPSA) is 55.3 Å². The van der Waals surface area contributed by atoms with Crippen molar-refractivity contribution in [1.82, 2.24) is 15.2 Å². The Morgan fingerprint density at radius 1 is 1.13 bits per heavy atom. The van der Waals surface area contributed by atoms with Crippen LogP contribution in [-0.2, 0) is 28.2 Å². The highest BCUT2D eigenvalue weighted by Crippen LogP contribution is 2.40. The molecule has 2 N–H and O–H groups in total. The first-order valence-electron chi connectivity index (χ1n) is 10.5. The highest BCUT2D eigenvalue weighted by atomic mass is 16.5. The second-order valence-electron chi connectivity index (χ2n) is 8.28. The lowest BCUT2D eigenvalue weighted by Crippen LogP contribution is -2.29. The number of nitrogens with one attached hydrogen (secondary N) is 2. The van der Waals surface area contributed by atoms with Crippen LogP contribution in [0.1, 0.15) is 37.6 Å². The zero-order chi connectivity index (χ0) is 21.1. The minimum Gasteiger partial charge on any atom is -0.462 e. The molecule has 0 spiro atoms. The first kappa shape index (κ1) is 20.2. The number of aromatic nitrogens is 1. The summed E-state index contributed by atoms with van der Waals surface area (Å²) in [6, 6.07) is 18.7. The standard InChI is InChI=1S/C25H29N3O2/c1-4-30-24(29)20-15-26-16-25(2,3)22-19-12-8-9-13-21(19)28(23(20)22)17-27-14-18-10-6-5-7-11-18/h5-13,15,26-27H,4,14,16-17H2,1-3H3. The molecule has 5 nitrogen and oxygen atoms in total. The molecule has 0 fully saturated rings. The third-order valence-electron chi connectivity index (χ3n) is 5.63. The molecule has 30 heavy (non-hydrogen) atoms. The number of rotatable bonds is 6. The number of fused-ring (bicyclic) bond motifs is 3. The fourth-order valence-electron chi connectivity index (χ4n) is 4.27. The summed E-state index contributed by atoms with van der Waals surface area (Å²) in [5, 5.41) is 8.06. The van der Waals surface area contributed by atoms with Crippen molar-refractivity contribution in [2.45, 2.75) is 39.4 Å². The number of hydrogen-bond acceptors (Lipinski definition) is 4. The van der Waals surface area contributed by atoms with Gasteiger partial charge in [0, 0.05) is 35.6 Å². The molecule has 0 amide bonds. The van der Waals surface area contributed by atoms with Gasteiger partial charge in [-0.25, -0.2) is 4.79 Å². The number of ether oxygens (including phenoxy) is 1. The molecule has 4 rings (SSSR count). The molecule has 2 heterocycles. The summed E-state index contributed by atoms with van der Waals surface area (Å²) in [5.74, 6) is -0.295. The average molecular weight is 404 g/mol. The van der Waals surface area contributed by atoms with E-state index in [1.165, 1.54) is 16.5 Å². The summed E-state index contributed by atoms with van der Waals surface area (Å²) in [6.45, 7) is 8.71. The zero-order valence-corrected chi connectivity index (χ0v) is 17.9. The molecule has 0 saturated heterocycles. The first-order valence-corrected chi connectivity index (χ1v) is 10.5. The van der Waals surface area contributed by atoms with Crippen LogP contribution in [0, 0.1) is 0 Å². The Morgan fingerprint density at radius 3 is 2.63 bits per heavy atom. The third-order valence-corrected chi connectivity index (χ3v) is 5.63. The van der Waals surface area contributed by atoms with Crippen molar-refractivity contribution in [2.75, 3.05) is 13.2 Å². The van der Waals surface area contributed by atoms with E-state index in [-0.39, 0.29) is 11.4 Å². The van der Waals surface area contributed by atoms with Crippen LogP contribution in [0.5, 0.6) is 0 Å². The molecule has 156 valence electrons. The summed E-state index contributed by atoms with van der Waals surface area (Å²) in [5.41, 5.74) is 4.89. The SMILES string of the molecule is CCOC(=O)C1=CNCC(C)(C)c2c1n(CNCc1ccccc1)c1ccccc21. The van der Waals surface area contributed by atoms with Crippen LogP contribution in [0.25, 0.3) is 16.5 Å². The van der Waals surface area contributed by atoms with Crippen molar-refractivity contribution in [3.63, 3.8) is 0 Å². The van der Waals surface area contributed by atoms with Crippen LogP contribution in [0.3, 0.4) is 0 Å². The Morgan fingerprint density at radius 2 is 1.87 bits per heavy atom. The Labute approximate surface area is 177 Å². The lowest BCUT2D eigenvalue weighted by atomic mass is 9.82. The highest BCUT2D eigenvalue weighted by molar-refractivity contribution is 6.18. The first-order chi connectivity index (χ1) is 14.5. The maximum Gasteiger partial charge on any atom is 0.341 e. The molecule has 0 aliphatic carbocycles. The number of para-hydroxylation sites is 1. The quantitative estimate of drug-likeness (QED) is 0.607. The van der Waals surface area contributed by atoms with Gasteiger partial charge in [-0.2, -0.15) is 0 Å². The van der Waals surface area contributed by atoms with Crippen molar-refractivity contribution in [3.8, 4) is 0 Å². The van der Waals surface area contributed by atoms with Gasteiger partial charge in [0.25, 0.3) is 0 Å². The highest BCUT2D eigenvalue weighted by Gasteiger charge is 2.35. The molecule has 0 bridgehead atoms. The molecule has 3 aromatic rings. The Kier molecular flexibility index (Phi) is 5.64. The van der Waals surface area contributed by atoms with Gasteiger partial charge in [-0.3, -0.25) is 5.32 Å². The second kappa shape index (κ2) is 8.36. The lowest BCUT2D eigenvalue weighted by molar-refractivity contribution is -0.136. The summed E-state index contributed by atoms with van der Waals surface area (Å²) in [4.78, 5) is 12.9. The maximum atomic E-state index is 12.9. The number of carbonyl (C=O) groups excluding carboxylic acids is 1. The largest absolute Gasteiger partial charge is 0.462 e. The van der Waals surface area contributed by atoms with E-state index in [4.69, 9.17) is 4.74 Å². The molecule has 0 atom stereocenters. The smallest absolute Gasteiger partial charge is 0.341 e. The molecular formula is C25H29N3O2. The summed E-state index contributed by atoms with van der Waals surface area (Å²) in [6.07, 6.45) is 1.82. The monoisotopic (exact) mass is 403 g/mol. The second-order valence-corrected chi connectivity index (χ2v) is 8.28. The van der Waals surface area contributed by atoms with Crippen molar-refractivity contribution in [1.29, 1.82) is 0 Å². The van der Waals surface area contributed by atoms with Crippen LogP contribution in [0.15, 0.2) is 60.8 Å². The summed E-state index contributed by atoms with van der Waals surface area (Å²) >= 11 is 0. The van der Waals surface area contributed by atoms with Crippen molar-refractivity contribution in [2.24, 2.45) is 0 Å². The van der Waals surface area contributed by atoms with E-state index < -0.39 is 0 Å². The average Bonchev–Trinajstić information content (AvgIpc) is 2.99. The number of esters is 1. The van der Waals surface area contributed by atoms with Gasteiger partial charge in [0.15, 0.2) is 0 Å². The summed E-state index contributed by atoms with van der Waals surface area (Å²) < 4.78 is 7.62. The van der Waals surface area contributed by atoms with E-state index in [9.17, 15) is 4.79 Å². The molecular weight excluding hydrogens is 374 g/mol. The van der Waals surface area contributed by atoms with E-state index >= 15 is 0 Å². The molecule has 5 heteroatoms. The minimum atomic E-state index is -0.295. The Balaban J connectivity index is 1.82. The summed E-state index contributed by atoms with van der Waals surface area (Å²) in [7, 11) is 0. The van der Waals surface area contributed by atoms with Crippen LogP contribution >= 0.6 is 0 Å². The van der Waals surface area contributed by atoms with Gasteiger partial charge in [-0.1, -0.05) is 62.4 Å². The van der Waals surface area contributed by atoms with Gasteiger partial charge in [0.1, 0.15) is 0 Å². The molecule has 1 aliphatic heterocycles. The van der Waals surface area contributed by atoms with E-state index in [2.05, 4.69) is 59.4 Å². The van der Waals surface area contributed by atoms with Crippen molar-refractivity contribution in [3.05, 3.63) is 77.6 Å². The van der Waals surface area contributed by atoms with E-state index in [0.29, 0.717) is 18.8 Å². The number of hydrogen-bond donors (Lipinski definition) is 2. The van der Waals surface area contributed by atoms with Crippen LogP contribution < -0.4 is 10.6 Å². The minimum absolute atomic E-state index is 0.148. The molecule has 0 unspecified atom stereocenters. The predicted molar refractivity (Wildman–Crippen MR) is 121 cm³/mol. The number of carbonyl (C=O) groups is 1. The van der Waals surface area contributed by atoms with Crippen LogP contribution in [0.2, 0.25) is 0 Å². The fourth-order valence-corrected chi connectivity index (χ4v) is 4.27. The Hall–Kier alpha value is -3.05. The van der Waals surface area contributed by atoms with Crippen LogP contribution in [-0.4, -0.2) is 23.7 Å². The van der Waals surface area contributed by atoms with Gasteiger partial charge in [0.2, 0.25) is 0 Å². The molecule has 1 aliphatic rings. The van der Waals surface area contributed by atoms with Gasteiger partial charge < -0.3 is 14.6 Å². The third kappa shape index (κ3) is 3.73. The van der Waals surface area contributed by atoms with E-state index in [0.717, 1.165) is 24.3 Å². The molecule has 0 saturated carbocycles. The van der Waals surface area contributed by atoms with E-state index in [1.807, 2.05) is 37.4 Å². The predicted octanol–water partition coefficient (Wildman–Crippen LogP) is 4.17. The Bertz CT molecular complexity index is 1080. The fraction of sp³-hybridized carbons (Fsp3) is 0.320. The van der Waals surface area contributed by atoms with Crippen molar-refractivity contribution >= 4 is 22.4 Å². The molecule has 2 aromatic carbocycles. The van der Waals surface area contributed by atoms with Gasteiger partial charge in [-0.15, -0.1) is 0 Å². The zero-order valence-electron chi connectivity index (χ0n) is 17.9. The number of nitrogens with zero attached hydrogens (tertiary/aromatic N) is 1. The normalized spacial score (nSPS) is 15.1. The molecule has 1 aromatic heterocycles. The lowest BCUT2D eigenvalue weighted by Gasteiger charge is -2.24. The maximum absolute atomic E-state index is 12.9.